The van der Waals surface area contributed by atoms with Crippen LogP contribution in [0, 0.1) is 0 Å². The topological polar surface area (TPSA) is 102 Å². The molecular formula is C44H85NO7. The predicted molar refractivity (Wildman–Crippen MR) is 213 cm³/mol. The summed E-state index contributed by atoms with van der Waals surface area (Å²) in [5, 5.41) is 11.6. The van der Waals surface area contributed by atoms with E-state index >= 15 is 0 Å². The average molecular weight is 740 g/mol. The minimum absolute atomic E-state index is 0.0490. The molecule has 0 N–H and O–H groups in total. The number of ether oxygens (including phenoxy) is 3. The number of nitrogens with zero attached hydrogens (tertiary/aromatic N) is 1. The van der Waals surface area contributed by atoms with Crippen LogP contribution >= 0.6 is 0 Å². The summed E-state index contributed by atoms with van der Waals surface area (Å²) < 4.78 is 17.2. The average Bonchev–Trinajstić information content (AvgIpc) is 3.09. The molecule has 0 rings (SSSR count). The van der Waals surface area contributed by atoms with Crippen LogP contribution in [0.3, 0.4) is 0 Å². The maximum Gasteiger partial charge on any atom is 0.306 e. The monoisotopic (exact) mass is 740 g/mol. The molecule has 0 amide bonds. The lowest BCUT2D eigenvalue weighted by molar-refractivity contribution is -0.889. The molecule has 308 valence electrons. The van der Waals surface area contributed by atoms with Gasteiger partial charge < -0.3 is 28.6 Å². The van der Waals surface area contributed by atoms with E-state index in [-0.39, 0.29) is 42.7 Å². The van der Waals surface area contributed by atoms with Crippen molar-refractivity contribution < 1.29 is 38.2 Å². The fourth-order valence-corrected chi connectivity index (χ4v) is 6.78. The number of rotatable bonds is 40. The summed E-state index contributed by atoms with van der Waals surface area (Å²) in [6, 6.07) is -0.718. The maximum absolute atomic E-state index is 12.7. The Bertz CT molecular complexity index is 828. The van der Waals surface area contributed by atoms with Crippen LogP contribution in [0.25, 0.3) is 0 Å². The van der Waals surface area contributed by atoms with Crippen molar-refractivity contribution >= 4 is 17.9 Å². The summed E-state index contributed by atoms with van der Waals surface area (Å²) in [7, 11) is 5.42. The van der Waals surface area contributed by atoms with Crippen molar-refractivity contribution in [2.45, 2.75) is 225 Å². The molecule has 8 heteroatoms. The van der Waals surface area contributed by atoms with Crippen molar-refractivity contribution in [1.29, 1.82) is 0 Å². The van der Waals surface area contributed by atoms with Gasteiger partial charge in [0.15, 0.2) is 6.10 Å². The lowest BCUT2D eigenvalue weighted by Gasteiger charge is -2.34. The molecule has 0 saturated heterocycles. The third-order valence-electron chi connectivity index (χ3n) is 10.2. The van der Waals surface area contributed by atoms with Crippen LogP contribution in [0.4, 0.5) is 0 Å². The van der Waals surface area contributed by atoms with E-state index in [1.54, 1.807) is 21.1 Å². The first-order valence-electron chi connectivity index (χ1n) is 22.1. The number of likely N-dealkylation sites (N-methyl/N-ethyl adjacent to an activating group) is 1. The quantitative estimate of drug-likeness (QED) is 0.0350. The van der Waals surface area contributed by atoms with Gasteiger partial charge in [0, 0.05) is 19.3 Å². The third-order valence-corrected chi connectivity index (χ3v) is 10.2. The second-order valence-corrected chi connectivity index (χ2v) is 16.3. The smallest absolute Gasteiger partial charge is 0.306 e. The van der Waals surface area contributed by atoms with E-state index in [4.69, 9.17) is 14.2 Å². The minimum atomic E-state index is -1.12. The fourth-order valence-electron chi connectivity index (χ4n) is 6.78. The third kappa shape index (κ3) is 34.1. The predicted octanol–water partition coefficient (Wildman–Crippen LogP) is 10.4. The molecule has 0 radical (unpaired) electrons. The van der Waals surface area contributed by atoms with Gasteiger partial charge in [-0.05, 0) is 12.8 Å². The summed E-state index contributed by atoms with van der Waals surface area (Å²) in [5.41, 5.74) is 0. The van der Waals surface area contributed by atoms with Gasteiger partial charge in [0.1, 0.15) is 12.6 Å². The first-order chi connectivity index (χ1) is 25.1. The van der Waals surface area contributed by atoms with Crippen LogP contribution < -0.4 is 5.11 Å². The van der Waals surface area contributed by atoms with Crippen LogP contribution in [0.15, 0.2) is 0 Å². The number of carbonyl (C=O) groups excluding carboxylic acids is 3. The normalized spacial score (nSPS) is 12.9. The van der Waals surface area contributed by atoms with Crippen molar-refractivity contribution in [3.8, 4) is 0 Å². The molecule has 0 aliphatic heterocycles. The summed E-state index contributed by atoms with van der Waals surface area (Å²) in [4.78, 5) is 36.8. The zero-order valence-corrected chi connectivity index (χ0v) is 35.0. The molecule has 0 spiro atoms. The SMILES string of the molecule is CCCCCCCCCCCCCCCCCCC(=O)OCC(COCCC(C(=O)[O-])[N+](C)(C)C)OC(=O)CCCCCCCCCCCCCC. The molecule has 0 saturated carbocycles. The van der Waals surface area contributed by atoms with Crippen molar-refractivity contribution in [2.75, 3.05) is 41.0 Å². The van der Waals surface area contributed by atoms with E-state index in [1.165, 1.54) is 141 Å². The van der Waals surface area contributed by atoms with Crippen LogP contribution in [0.5, 0.6) is 0 Å². The Hall–Kier alpha value is -1.67. The number of hydrogen-bond acceptors (Lipinski definition) is 7. The number of quaternary nitrogens is 1. The highest BCUT2D eigenvalue weighted by Gasteiger charge is 2.25. The standard InChI is InChI=1S/C44H85NO7/c1-6-8-10-12-14-16-18-20-21-22-23-25-26-28-30-32-34-42(46)51-39-40(38-50-37-36-41(44(48)49)45(3,4)5)52-43(47)35-33-31-29-27-24-19-17-15-13-11-9-7-2/h40-41H,6-39H2,1-5H3. The summed E-state index contributed by atoms with van der Waals surface area (Å²) >= 11 is 0. The van der Waals surface area contributed by atoms with E-state index in [1.807, 2.05) is 0 Å². The number of hydrogen-bond donors (Lipinski definition) is 0. The zero-order valence-electron chi connectivity index (χ0n) is 35.0. The number of carboxylic acids is 1. The van der Waals surface area contributed by atoms with Crippen LogP contribution in [0.1, 0.15) is 213 Å². The highest BCUT2D eigenvalue weighted by Crippen LogP contribution is 2.16. The molecular weight excluding hydrogens is 654 g/mol. The molecule has 0 fully saturated rings. The first-order valence-corrected chi connectivity index (χ1v) is 22.1. The Balaban J connectivity index is 4.28. The lowest BCUT2D eigenvalue weighted by atomic mass is 10.0. The van der Waals surface area contributed by atoms with Crippen LogP contribution in [-0.2, 0) is 28.6 Å². The van der Waals surface area contributed by atoms with Crippen LogP contribution in [-0.4, -0.2) is 75.5 Å². The lowest BCUT2D eigenvalue weighted by Crippen LogP contribution is -2.55. The molecule has 0 aliphatic carbocycles. The van der Waals surface area contributed by atoms with Crippen molar-refractivity contribution in [3.05, 3.63) is 0 Å². The molecule has 0 aliphatic rings. The minimum Gasteiger partial charge on any atom is -0.544 e. The number of carboxylic acid groups (broad SMARTS) is 1. The Morgan fingerprint density at radius 1 is 0.500 bits per heavy atom. The summed E-state index contributed by atoms with van der Waals surface area (Å²) in [6.45, 7) is 4.69. The second-order valence-electron chi connectivity index (χ2n) is 16.3. The fraction of sp³-hybridized carbons (Fsp3) is 0.932. The van der Waals surface area contributed by atoms with Gasteiger partial charge in [0.05, 0.1) is 40.3 Å². The summed E-state index contributed by atoms with van der Waals surface area (Å²) in [6.07, 6.45) is 35.5. The van der Waals surface area contributed by atoms with Gasteiger partial charge in [-0.2, -0.15) is 0 Å². The van der Waals surface area contributed by atoms with Gasteiger partial charge in [-0.1, -0.05) is 181 Å². The number of unbranched alkanes of at least 4 members (excludes halogenated alkanes) is 26. The molecule has 0 heterocycles. The molecule has 2 atom stereocenters. The van der Waals surface area contributed by atoms with Crippen molar-refractivity contribution in [2.24, 2.45) is 0 Å². The van der Waals surface area contributed by atoms with E-state index in [9.17, 15) is 19.5 Å². The van der Waals surface area contributed by atoms with E-state index in [2.05, 4.69) is 13.8 Å². The molecule has 0 aromatic rings. The number of esters is 2. The molecule has 2 unspecified atom stereocenters. The van der Waals surface area contributed by atoms with E-state index in [0.717, 1.165) is 38.5 Å². The molecule has 8 nitrogen and oxygen atoms in total. The van der Waals surface area contributed by atoms with Gasteiger partial charge in [0.2, 0.25) is 0 Å². The van der Waals surface area contributed by atoms with Gasteiger partial charge in [-0.3, -0.25) is 9.59 Å². The van der Waals surface area contributed by atoms with Gasteiger partial charge in [0.25, 0.3) is 0 Å². The second kappa shape index (κ2) is 36.3. The molecule has 0 aromatic heterocycles. The summed E-state index contributed by atoms with van der Waals surface area (Å²) in [5.74, 6) is -1.72. The Morgan fingerprint density at radius 2 is 0.846 bits per heavy atom. The number of aliphatic carboxylic acids is 1. The first kappa shape index (κ1) is 50.3. The molecule has 52 heavy (non-hydrogen) atoms. The largest absolute Gasteiger partial charge is 0.544 e. The highest BCUT2D eigenvalue weighted by atomic mass is 16.6. The Morgan fingerprint density at radius 3 is 1.19 bits per heavy atom. The maximum atomic E-state index is 12.7. The van der Waals surface area contributed by atoms with Gasteiger partial charge in [-0.15, -0.1) is 0 Å². The van der Waals surface area contributed by atoms with Gasteiger partial charge >= 0.3 is 11.9 Å². The zero-order chi connectivity index (χ0) is 38.5. The number of carbonyl (C=O) groups is 3. The Labute approximate surface area is 321 Å². The van der Waals surface area contributed by atoms with Gasteiger partial charge in [-0.25, -0.2) is 0 Å². The van der Waals surface area contributed by atoms with Crippen molar-refractivity contribution in [1.82, 2.24) is 0 Å². The van der Waals surface area contributed by atoms with E-state index < -0.39 is 18.1 Å². The highest BCUT2D eigenvalue weighted by molar-refractivity contribution is 5.70. The molecule has 0 bridgehead atoms. The van der Waals surface area contributed by atoms with Crippen LogP contribution in [0.2, 0.25) is 0 Å². The molecule has 0 aromatic carbocycles. The van der Waals surface area contributed by atoms with Crippen molar-refractivity contribution in [3.63, 3.8) is 0 Å². The Kier molecular flexibility index (Phi) is 35.1. The van der Waals surface area contributed by atoms with E-state index in [0.29, 0.717) is 12.8 Å².